The molecule has 1 fully saturated rings. The third kappa shape index (κ3) is 18.7. The van der Waals surface area contributed by atoms with E-state index in [2.05, 4.69) is 30.5 Å². The molecular formula is C11H27NO. The minimum atomic E-state index is 1.25. The summed E-state index contributed by atoms with van der Waals surface area (Å²) in [6.07, 6.45) is 5.53. The van der Waals surface area contributed by atoms with Crippen LogP contribution in [-0.4, -0.2) is 39.3 Å². The lowest BCUT2D eigenvalue weighted by Crippen LogP contribution is -2.24. The Balaban J connectivity index is 0. The summed E-state index contributed by atoms with van der Waals surface area (Å²) in [6.45, 7) is 6.89. The first-order chi connectivity index (χ1) is 6.22. The molecule has 13 heavy (non-hydrogen) atoms. The second kappa shape index (κ2) is 14.4. The molecule has 1 saturated heterocycles. The smallest absolute Gasteiger partial charge is 0.0351 e. The second-order valence-corrected chi connectivity index (χ2v) is 3.48. The quantitative estimate of drug-likeness (QED) is 0.581. The molecule has 0 unspecified atom stereocenters. The van der Waals surface area contributed by atoms with E-state index in [4.69, 9.17) is 0 Å². The summed E-state index contributed by atoms with van der Waals surface area (Å²) < 4.78 is 4.25. The number of ether oxygens (including phenoxy) is 1. The normalized spacial score (nSPS) is 16.4. The second-order valence-electron chi connectivity index (χ2n) is 3.48. The van der Waals surface area contributed by atoms with Crippen LogP contribution >= 0.6 is 0 Å². The zero-order valence-electron chi connectivity index (χ0n) is 10.1. The lowest BCUT2D eigenvalue weighted by Gasteiger charge is -2.20. The molecule has 0 aromatic heterocycles. The predicted molar refractivity (Wildman–Crippen MR) is 60.2 cm³/mol. The van der Waals surface area contributed by atoms with Gasteiger partial charge in [-0.1, -0.05) is 26.7 Å². The van der Waals surface area contributed by atoms with Gasteiger partial charge in [0.1, 0.15) is 0 Å². The number of hydrogen-bond donors (Lipinski definition) is 0. The molecule has 2 heteroatoms. The molecule has 0 spiro atoms. The van der Waals surface area contributed by atoms with Crippen LogP contribution in [0.2, 0.25) is 0 Å². The van der Waals surface area contributed by atoms with E-state index in [0.717, 1.165) is 0 Å². The lowest BCUT2D eigenvalue weighted by molar-refractivity contribution is 0.277. The minimum absolute atomic E-state index is 1.25. The van der Waals surface area contributed by atoms with Crippen molar-refractivity contribution in [2.75, 3.05) is 34.4 Å². The van der Waals surface area contributed by atoms with E-state index < -0.39 is 0 Å². The van der Waals surface area contributed by atoms with Gasteiger partial charge in [-0.15, -0.1) is 0 Å². The van der Waals surface area contributed by atoms with Gasteiger partial charge in [-0.3, -0.25) is 0 Å². The summed E-state index contributed by atoms with van der Waals surface area (Å²) in [4.78, 5) is 2.39. The van der Waals surface area contributed by atoms with Crippen molar-refractivity contribution in [2.45, 2.75) is 39.5 Å². The molecule has 0 radical (unpaired) electrons. The molecule has 0 saturated carbocycles. The van der Waals surface area contributed by atoms with Crippen LogP contribution in [-0.2, 0) is 4.74 Å². The summed E-state index contributed by atoms with van der Waals surface area (Å²) in [5, 5.41) is 0. The highest BCUT2D eigenvalue weighted by atomic mass is 16.4. The number of likely N-dealkylation sites (tertiary alicyclic amines) is 1. The Bertz CT molecular complexity index is 68.5. The Hall–Kier alpha value is -0.0800. The molecule has 0 aromatic rings. The van der Waals surface area contributed by atoms with Crippen LogP contribution in [0.15, 0.2) is 0 Å². The van der Waals surface area contributed by atoms with Crippen LogP contribution in [0, 0.1) is 0 Å². The minimum Gasteiger partial charge on any atom is -0.388 e. The third-order valence-electron chi connectivity index (χ3n) is 1.58. The van der Waals surface area contributed by atoms with Gasteiger partial charge in [0.25, 0.3) is 0 Å². The van der Waals surface area contributed by atoms with Crippen LogP contribution in [0.5, 0.6) is 0 Å². The van der Waals surface area contributed by atoms with Crippen LogP contribution < -0.4 is 0 Å². The third-order valence-corrected chi connectivity index (χ3v) is 1.58. The largest absolute Gasteiger partial charge is 0.388 e. The predicted octanol–water partition coefficient (Wildman–Crippen LogP) is 2.78. The molecule has 1 aliphatic heterocycles. The Kier molecular flexibility index (Phi) is 17.1. The van der Waals surface area contributed by atoms with Gasteiger partial charge < -0.3 is 9.64 Å². The maximum Gasteiger partial charge on any atom is 0.0351 e. The highest BCUT2D eigenvalue weighted by molar-refractivity contribution is 4.58. The van der Waals surface area contributed by atoms with Crippen LogP contribution in [0.3, 0.4) is 0 Å². The Labute approximate surface area is 84.3 Å². The Morgan fingerprint density at radius 2 is 1.31 bits per heavy atom. The van der Waals surface area contributed by atoms with Gasteiger partial charge in [-0.25, -0.2) is 0 Å². The monoisotopic (exact) mass is 189 g/mol. The lowest BCUT2D eigenvalue weighted by atomic mass is 10.1. The molecule has 0 aromatic carbocycles. The Morgan fingerprint density at radius 1 is 1.00 bits per heavy atom. The molecule has 1 rings (SSSR count). The van der Waals surface area contributed by atoms with Crippen molar-refractivity contribution in [3.63, 3.8) is 0 Å². The maximum absolute atomic E-state index is 4.25. The van der Waals surface area contributed by atoms with E-state index in [1.807, 2.05) is 0 Å². The van der Waals surface area contributed by atoms with E-state index in [0.29, 0.717) is 0 Å². The first kappa shape index (κ1) is 15.4. The standard InChI is InChI=1S/C6H13N.C3H8.C2H6O/c1-7-5-3-2-4-6-7;2*1-3-2/h2-6H2,1H3;3H2,1-2H3;1-2H3. The summed E-state index contributed by atoms with van der Waals surface area (Å²) in [5.41, 5.74) is 0. The zero-order valence-corrected chi connectivity index (χ0v) is 10.1. The van der Waals surface area contributed by atoms with Gasteiger partial charge in [0, 0.05) is 14.2 Å². The average Bonchev–Trinajstić information content (AvgIpc) is 2.08. The van der Waals surface area contributed by atoms with Crippen molar-refractivity contribution in [3.05, 3.63) is 0 Å². The molecule has 0 aliphatic carbocycles. The van der Waals surface area contributed by atoms with Gasteiger partial charge in [0.2, 0.25) is 0 Å². The fraction of sp³-hybridized carbons (Fsp3) is 1.00. The summed E-state index contributed by atoms with van der Waals surface area (Å²) in [5.74, 6) is 0. The first-order valence-electron chi connectivity index (χ1n) is 5.31. The molecule has 1 aliphatic rings. The van der Waals surface area contributed by atoms with Gasteiger partial charge in [-0.05, 0) is 33.0 Å². The van der Waals surface area contributed by atoms with E-state index in [-0.39, 0.29) is 0 Å². The van der Waals surface area contributed by atoms with E-state index >= 15 is 0 Å². The number of nitrogens with zero attached hydrogens (tertiary/aromatic N) is 1. The van der Waals surface area contributed by atoms with Gasteiger partial charge in [-0.2, -0.15) is 0 Å². The molecular weight excluding hydrogens is 162 g/mol. The van der Waals surface area contributed by atoms with Crippen molar-refractivity contribution in [3.8, 4) is 0 Å². The van der Waals surface area contributed by atoms with Gasteiger partial charge >= 0.3 is 0 Å². The highest BCUT2D eigenvalue weighted by Crippen LogP contribution is 2.04. The number of hydrogen-bond acceptors (Lipinski definition) is 2. The molecule has 0 atom stereocenters. The molecule has 82 valence electrons. The molecule has 2 nitrogen and oxygen atoms in total. The van der Waals surface area contributed by atoms with Crippen molar-refractivity contribution in [2.24, 2.45) is 0 Å². The topological polar surface area (TPSA) is 12.5 Å². The molecule has 0 amide bonds. The van der Waals surface area contributed by atoms with Crippen molar-refractivity contribution >= 4 is 0 Å². The van der Waals surface area contributed by atoms with Gasteiger partial charge in [0.15, 0.2) is 0 Å². The van der Waals surface area contributed by atoms with Crippen molar-refractivity contribution in [1.29, 1.82) is 0 Å². The number of methoxy groups -OCH3 is 1. The van der Waals surface area contributed by atoms with Crippen molar-refractivity contribution < 1.29 is 4.74 Å². The highest BCUT2D eigenvalue weighted by Gasteiger charge is 2.02. The summed E-state index contributed by atoms with van der Waals surface area (Å²) >= 11 is 0. The van der Waals surface area contributed by atoms with E-state index in [9.17, 15) is 0 Å². The van der Waals surface area contributed by atoms with Crippen LogP contribution in [0.4, 0.5) is 0 Å². The number of piperidine rings is 1. The average molecular weight is 189 g/mol. The van der Waals surface area contributed by atoms with Crippen molar-refractivity contribution in [1.82, 2.24) is 4.90 Å². The molecule has 1 heterocycles. The van der Waals surface area contributed by atoms with E-state index in [1.165, 1.54) is 38.8 Å². The number of rotatable bonds is 0. The molecule has 0 N–H and O–H groups in total. The zero-order chi connectivity index (χ0) is 10.5. The Morgan fingerprint density at radius 3 is 1.46 bits per heavy atom. The fourth-order valence-electron chi connectivity index (χ4n) is 1.05. The van der Waals surface area contributed by atoms with E-state index in [1.54, 1.807) is 14.2 Å². The summed E-state index contributed by atoms with van der Waals surface area (Å²) in [6, 6.07) is 0. The summed E-state index contributed by atoms with van der Waals surface area (Å²) in [7, 11) is 5.44. The van der Waals surface area contributed by atoms with Crippen LogP contribution in [0.25, 0.3) is 0 Å². The SMILES string of the molecule is CCC.CN1CCCCC1.COC. The van der Waals surface area contributed by atoms with Crippen LogP contribution in [0.1, 0.15) is 39.5 Å². The first-order valence-corrected chi connectivity index (χ1v) is 5.31. The maximum atomic E-state index is 4.25. The van der Waals surface area contributed by atoms with Gasteiger partial charge in [0.05, 0.1) is 0 Å². The molecule has 0 bridgehead atoms. The fourth-order valence-corrected chi connectivity index (χ4v) is 1.05.